The molecule has 0 bridgehead atoms. The molecule has 1 aliphatic rings. The molecule has 27 heavy (non-hydrogen) atoms. The summed E-state index contributed by atoms with van der Waals surface area (Å²) < 4.78 is 33.7. The van der Waals surface area contributed by atoms with Gasteiger partial charge in [0.1, 0.15) is 6.54 Å². The molecule has 140 valence electrons. The Morgan fingerprint density at radius 1 is 1.00 bits per heavy atom. The van der Waals surface area contributed by atoms with Gasteiger partial charge in [-0.3, -0.25) is 4.79 Å². The molecule has 9 heteroatoms. The van der Waals surface area contributed by atoms with Crippen molar-refractivity contribution in [1.82, 2.24) is 19.1 Å². The first-order valence-electron chi connectivity index (χ1n) is 8.62. The normalized spacial score (nSPS) is 15.3. The predicted octanol–water partition coefficient (Wildman–Crippen LogP) is 1.73. The standard InChI is InChI=1S/C18H18N4O4S/c23-17-9-8-15(27(24,25)22-10-4-5-11-22)12-21(17)13-16-19-20-18(26-16)14-6-2-1-3-7-14/h1-3,6-9,12H,4-5,10-11,13H2. The van der Waals surface area contributed by atoms with Crippen molar-refractivity contribution in [2.45, 2.75) is 24.3 Å². The molecule has 0 spiro atoms. The number of hydrogen-bond donors (Lipinski definition) is 0. The van der Waals surface area contributed by atoms with Gasteiger partial charge in [-0.15, -0.1) is 10.2 Å². The lowest BCUT2D eigenvalue weighted by molar-refractivity contribution is 0.471. The van der Waals surface area contributed by atoms with Gasteiger partial charge in [0.25, 0.3) is 5.56 Å². The summed E-state index contributed by atoms with van der Waals surface area (Å²) in [7, 11) is -3.60. The molecule has 4 rings (SSSR count). The van der Waals surface area contributed by atoms with Crippen molar-refractivity contribution in [3.8, 4) is 11.5 Å². The van der Waals surface area contributed by atoms with Crippen LogP contribution in [-0.4, -0.2) is 40.6 Å². The van der Waals surface area contributed by atoms with E-state index in [1.165, 1.54) is 27.2 Å². The molecule has 0 aliphatic carbocycles. The van der Waals surface area contributed by atoms with Gasteiger partial charge in [-0.2, -0.15) is 4.31 Å². The Kier molecular flexibility index (Phi) is 4.63. The molecule has 0 amide bonds. The van der Waals surface area contributed by atoms with Crippen molar-refractivity contribution >= 4 is 10.0 Å². The molecule has 0 N–H and O–H groups in total. The zero-order valence-corrected chi connectivity index (χ0v) is 15.3. The Labute approximate surface area is 156 Å². The number of sulfonamides is 1. The maximum absolute atomic E-state index is 12.7. The van der Waals surface area contributed by atoms with E-state index in [9.17, 15) is 13.2 Å². The van der Waals surface area contributed by atoms with Gasteiger partial charge in [0.15, 0.2) is 0 Å². The van der Waals surface area contributed by atoms with E-state index < -0.39 is 10.0 Å². The second-order valence-corrected chi connectivity index (χ2v) is 8.25. The molecule has 8 nitrogen and oxygen atoms in total. The van der Waals surface area contributed by atoms with Crippen molar-refractivity contribution in [2.75, 3.05) is 13.1 Å². The zero-order valence-electron chi connectivity index (χ0n) is 14.5. The second-order valence-electron chi connectivity index (χ2n) is 6.31. The molecule has 2 aromatic heterocycles. The van der Waals surface area contributed by atoms with Gasteiger partial charge in [0.2, 0.25) is 21.8 Å². The number of pyridine rings is 1. The van der Waals surface area contributed by atoms with Crippen LogP contribution in [0.4, 0.5) is 0 Å². The summed E-state index contributed by atoms with van der Waals surface area (Å²) in [5.74, 6) is 0.575. The van der Waals surface area contributed by atoms with E-state index in [2.05, 4.69) is 10.2 Å². The van der Waals surface area contributed by atoms with Crippen LogP contribution in [0.25, 0.3) is 11.5 Å². The van der Waals surface area contributed by atoms with Crippen LogP contribution in [0, 0.1) is 0 Å². The summed E-state index contributed by atoms with van der Waals surface area (Å²) in [5.41, 5.74) is 0.434. The lowest BCUT2D eigenvalue weighted by Gasteiger charge is -2.16. The molecule has 3 heterocycles. The van der Waals surface area contributed by atoms with Gasteiger partial charge in [0, 0.05) is 30.9 Å². The number of rotatable bonds is 5. The van der Waals surface area contributed by atoms with Crippen molar-refractivity contribution in [1.29, 1.82) is 0 Å². The van der Waals surface area contributed by atoms with Gasteiger partial charge in [-0.25, -0.2) is 8.42 Å². The molecule has 1 fully saturated rings. The zero-order chi connectivity index (χ0) is 18.9. The maximum atomic E-state index is 12.7. The Bertz CT molecular complexity index is 1100. The van der Waals surface area contributed by atoms with Gasteiger partial charge in [-0.05, 0) is 31.0 Å². The van der Waals surface area contributed by atoms with Crippen molar-refractivity contribution < 1.29 is 12.8 Å². The molecule has 1 saturated heterocycles. The fourth-order valence-electron chi connectivity index (χ4n) is 3.02. The lowest BCUT2D eigenvalue weighted by Crippen LogP contribution is -2.29. The van der Waals surface area contributed by atoms with Crippen molar-refractivity contribution in [3.05, 3.63) is 64.9 Å². The Hall–Kier alpha value is -2.78. The quantitative estimate of drug-likeness (QED) is 0.662. The smallest absolute Gasteiger partial charge is 0.251 e. The largest absolute Gasteiger partial charge is 0.419 e. The van der Waals surface area contributed by atoms with Crippen LogP contribution in [0.1, 0.15) is 18.7 Å². The highest BCUT2D eigenvalue weighted by Gasteiger charge is 2.27. The van der Waals surface area contributed by atoms with E-state index in [4.69, 9.17) is 4.42 Å². The van der Waals surface area contributed by atoms with Gasteiger partial charge in [0.05, 0.1) is 4.90 Å². The Balaban J connectivity index is 1.61. The van der Waals surface area contributed by atoms with Gasteiger partial charge in [-0.1, -0.05) is 18.2 Å². The molecule has 3 aromatic rings. The van der Waals surface area contributed by atoms with E-state index >= 15 is 0 Å². The summed E-state index contributed by atoms with van der Waals surface area (Å²) >= 11 is 0. The molecule has 0 atom stereocenters. The molecule has 0 unspecified atom stereocenters. The second kappa shape index (κ2) is 7.09. The predicted molar refractivity (Wildman–Crippen MR) is 97.5 cm³/mol. The topological polar surface area (TPSA) is 98.3 Å². The fourth-order valence-corrected chi connectivity index (χ4v) is 4.56. The fraction of sp³-hybridized carbons (Fsp3) is 0.278. The van der Waals surface area contributed by atoms with E-state index in [-0.39, 0.29) is 22.9 Å². The first kappa shape index (κ1) is 17.6. The van der Waals surface area contributed by atoms with E-state index in [1.807, 2.05) is 30.3 Å². The van der Waals surface area contributed by atoms with Crippen LogP contribution in [-0.2, 0) is 16.6 Å². The third kappa shape index (κ3) is 3.56. The first-order chi connectivity index (χ1) is 13.0. The lowest BCUT2D eigenvalue weighted by atomic mass is 10.2. The SMILES string of the molecule is O=c1ccc(S(=O)(=O)N2CCCC2)cn1Cc1nnc(-c2ccccc2)o1. The van der Waals surface area contributed by atoms with Gasteiger partial charge >= 0.3 is 0 Å². The highest BCUT2D eigenvalue weighted by Crippen LogP contribution is 2.20. The minimum atomic E-state index is -3.60. The number of benzene rings is 1. The van der Waals surface area contributed by atoms with Crippen LogP contribution in [0.3, 0.4) is 0 Å². The maximum Gasteiger partial charge on any atom is 0.251 e. The minimum absolute atomic E-state index is 0.00201. The summed E-state index contributed by atoms with van der Waals surface area (Å²) in [5, 5.41) is 7.95. The Morgan fingerprint density at radius 3 is 2.48 bits per heavy atom. The van der Waals surface area contributed by atoms with Crippen LogP contribution >= 0.6 is 0 Å². The van der Waals surface area contributed by atoms with Crippen molar-refractivity contribution in [3.63, 3.8) is 0 Å². The summed E-state index contributed by atoms with van der Waals surface area (Å²) in [6.07, 6.45) is 3.04. The monoisotopic (exact) mass is 386 g/mol. The van der Waals surface area contributed by atoms with Crippen molar-refractivity contribution in [2.24, 2.45) is 0 Å². The molecule has 0 saturated carbocycles. The highest BCUT2D eigenvalue weighted by molar-refractivity contribution is 7.89. The molecular weight excluding hydrogens is 368 g/mol. The number of nitrogens with zero attached hydrogens (tertiary/aromatic N) is 4. The average Bonchev–Trinajstić information content (AvgIpc) is 3.36. The van der Waals surface area contributed by atoms with Crippen LogP contribution in [0.2, 0.25) is 0 Å². The first-order valence-corrected chi connectivity index (χ1v) is 10.1. The minimum Gasteiger partial charge on any atom is -0.419 e. The summed E-state index contributed by atoms with van der Waals surface area (Å²) in [6, 6.07) is 11.9. The summed E-state index contributed by atoms with van der Waals surface area (Å²) in [6.45, 7) is 1.01. The van der Waals surface area contributed by atoms with E-state index in [0.717, 1.165) is 18.4 Å². The third-order valence-corrected chi connectivity index (χ3v) is 6.33. The van der Waals surface area contributed by atoms with Crippen LogP contribution in [0.5, 0.6) is 0 Å². The molecule has 1 aromatic carbocycles. The molecular formula is C18H18N4O4S. The molecule has 0 radical (unpaired) electrons. The third-order valence-electron chi connectivity index (χ3n) is 4.45. The Morgan fingerprint density at radius 2 is 1.74 bits per heavy atom. The summed E-state index contributed by atoms with van der Waals surface area (Å²) in [4.78, 5) is 12.3. The average molecular weight is 386 g/mol. The van der Waals surface area contributed by atoms with E-state index in [0.29, 0.717) is 19.0 Å². The van der Waals surface area contributed by atoms with Gasteiger partial charge < -0.3 is 8.98 Å². The van der Waals surface area contributed by atoms with Crippen LogP contribution in [0.15, 0.2) is 62.8 Å². The number of aromatic nitrogens is 3. The van der Waals surface area contributed by atoms with Crippen LogP contribution < -0.4 is 5.56 Å². The highest BCUT2D eigenvalue weighted by atomic mass is 32.2. The number of hydrogen-bond acceptors (Lipinski definition) is 6. The molecule has 1 aliphatic heterocycles. The van der Waals surface area contributed by atoms with E-state index in [1.54, 1.807) is 0 Å².